The van der Waals surface area contributed by atoms with Crippen LogP contribution < -0.4 is 18.3 Å². The summed E-state index contributed by atoms with van der Waals surface area (Å²) in [6.45, 7) is 43.3. The minimum Gasteiger partial charge on any atom is -0.466 e. The molecular weight excluding hydrogens is 1500 g/mol. The molecule has 3 aliphatic carbocycles. The summed E-state index contributed by atoms with van der Waals surface area (Å²) in [4.78, 5) is 12.0. The van der Waals surface area contributed by atoms with Crippen LogP contribution in [0.1, 0.15) is 201 Å². The first-order valence-electron chi connectivity index (χ1n) is 43.7. The van der Waals surface area contributed by atoms with Crippen molar-refractivity contribution in [2.45, 2.75) is 182 Å². The third-order valence-electron chi connectivity index (χ3n) is 26.6. The fourth-order valence-electron chi connectivity index (χ4n) is 20.6. The summed E-state index contributed by atoms with van der Waals surface area (Å²) < 4.78 is 34.9. The van der Waals surface area contributed by atoms with Gasteiger partial charge in [0.25, 0.3) is 0 Å². The number of fused-ring (bicyclic) bond motifs is 12. The normalized spacial score (nSPS) is 14.0. The van der Waals surface area contributed by atoms with Crippen LogP contribution in [-0.2, 0) is 28.2 Å². The van der Waals surface area contributed by atoms with E-state index in [1.165, 1.54) is 146 Å². The predicted molar refractivity (Wildman–Crippen MR) is 495 cm³/mol. The van der Waals surface area contributed by atoms with Gasteiger partial charge in [0.05, 0.1) is 47.5 Å². The van der Waals surface area contributed by atoms with E-state index in [-0.39, 0.29) is 5.92 Å². The zero-order valence-electron chi connectivity index (χ0n) is 72.7. The van der Waals surface area contributed by atoms with Crippen molar-refractivity contribution in [3.8, 4) is 62.2 Å². The van der Waals surface area contributed by atoms with E-state index in [9.17, 15) is 5.26 Å². The first-order valence-corrected chi connectivity index (χ1v) is 43.7. The number of aryl methyl sites for hydroxylation is 11. The van der Waals surface area contributed by atoms with Gasteiger partial charge < -0.3 is 17.7 Å². The maximum Gasteiger partial charge on any atom is 0.233 e. The van der Waals surface area contributed by atoms with Crippen molar-refractivity contribution in [2.24, 2.45) is 28.2 Å². The molecule has 0 unspecified atom stereocenters. The van der Waals surface area contributed by atoms with Gasteiger partial charge in [-0.15, -0.1) is 0 Å². The molecule has 0 spiro atoms. The molecule has 8 aromatic heterocycles. The van der Waals surface area contributed by atoms with E-state index < -0.39 is 0 Å². The molecule has 17 aromatic rings. The molecule has 3 saturated carbocycles. The molecule has 0 aliphatic heterocycles. The summed E-state index contributed by atoms with van der Waals surface area (Å²) in [5.74, 6) is 1.70. The van der Waals surface area contributed by atoms with E-state index in [1.54, 1.807) is 0 Å². The monoisotopic (exact) mass is 1600 g/mol. The summed E-state index contributed by atoms with van der Waals surface area (Å²) in [6.07, 6.45) is 26.8. The second-order valence-electron chi connectivity index (χ2n) is 34.8. The SMILES string of the molecule is Cc1ccc2c(oc3c(C(C)C)cc(-c4ccccc4)c(C#N)c32)c1-c1cccc[n+]1C.[C-]#[N+]c1c(C2CCCCC2)c(C)cc2c1oc1c(-c3cccc[n+]3C)c(C)ccc12.[C-]#[N+]c1c(C2CCCCC2)cc(C)c2c1oc1c(-c3cccc[n+]3C)c(C)ccc12.[C-]#[N+]c1c(C2CCCCC2)ccc2c1oc1c(-c3cccc[n+]3C)c(C)cc(C)c12. The van der Waals surface area contributed by atoms with Crippen molar-refractivity contribution < 1.29 is 35.9 Å². The minimum absolute atomic E-state index is 0.255. The molecule has 0 radical (unpaired) electrons. The maximum atomic E-state index is 10.3. The molecule has 0 bridgehead atoms. The van der Waals surface area contributed by atoms with Crippen molar-refractivity contribution >= 4 is 105 Å². The number of pyridine rings is 4. The predicted octanol–water partition coefficient (Wildman–Crippen LogP) is 28.9. The fraction of sp³-hybridized carbons (Fsp3) is 0.291. The Morgan fingerprint density at radius 3 is 1.23 bits per heavy atom. The number of hydrogen-bond acceptors (Lipinski definition) is 5. The van der Waals surface area contributed by atoms with Gasteiger partial charge in [0.1, 0.15) is 78.9 Å². The van der Waals surface area contributed by atoms with Crippen LogP contribution in [0, 0.1) is 79.5 Å². The molecule has 0 amide bonds. The number of nitriles is 1. The highest BCUT2D eigenvalue weighted by Crippen LogP contribution is 2.53. The summed E-state index contributed by atoms with van der Waals surface area (Å²) in [5, 5.41) is 18.7. The number of rotatable bonds is 9. The smallest absolute Gasteiger partial charge is 0.233 e. The largest absolute Gasteiger partial charge is 0.466 e. The van der Waals surface area contributed by atoms with Crippen molar-refractivity contribution in [1.82, 2.24) is 0 Å². The highest BCUT2D eigenvalue weighted by molar-refractivity contribution is 6.18. The first kappa shape index (κ1) is 81.1. The molecule has 3 aliphatic rings. The van der Waals surface area contributed by atoms with E-state index in [2.05, 4.69) is 268 Å². The Hall–Kier alpha value is -13.3. The van der Waals surface area contributed by atoms with Crippen molar-refractivity contribution in [2.75, 3.05) is 0 Å². The van der Waals surface area contributed by atoms with Gasteiger partial charge in [0, 0.05) is 97.2 Å². The molecule has 606 valence electrons. The van der Waals surface area contributed by atoms with Crippen molar-refractivity contribution in [3.63, 3.8) is 0 Å². The lowest BCUT2D eigenvalue weighted by atomic mass is 9.81. The highest BCUT2D eigenvalue weighted by Gasteiger charge is 2.33. The molecule has 0 saturated heterocycles. The standard InChI is InChI=1S/C29H25N2O.3C27H27N2O/c1-18(2)22-16-23(20-10-6-5-7-11-20)24(17-30)27-21-14-13-19(3)26(28(21)32-29(22)27)25-12-8-9-15-31(25)4;1-17-16-18(2)24(22-12-8-9-15-29(22)4)27-23(17)21-14-13-20(19-10-6-5-7-11-19)25(28-3)26(21)30-27;1-17-13-14-20-21-16-18(2)23(19-10-6-5-7-11-19)25(28-3)27(21)30-26(20)24(17)22-12-8-9-15-29(22)4;1-17-13-14-20-23-18(2)16-21(19-10-6-5-7-11-19)25(28-3)27(23)30-26(20)24(17)22-12-8-9-15-29(22)4/h5-16,18H,1-4H3;3*8-9,12-16,19H,5-7,10-11H2,1-2,4H3/q4*+1. The van der Waals surface area contributed by atoms with E-state index in [4.69, 9.17) is 37.4 Å². The van der Waals surface area contributed by atoms with Crippen LogP contribution >= 0.6 is 0 Å². The highest BCUT2D eigenvalue weighted by atomic mass is 16.3. The molecule has 9 aromatic carbocycles. The van der Waals surface area contributed by atoms with Gasteiger partial charge in [0.15, 0.2) is 24.8 Å². The molecule has 3 fully saturated rings. The molecule has 12 heteroatoms. The molecule has 0 N–H and O–H groups in total. The average molecular weight is 1600 g/mol. The Kier molecular flexibility index (Phi) is 22.7. The molecule has 12 nitrogen and oxygen atoms in total. The molecule has 0 atom stereocenters. The summed E-state index contributed by atoms with van der Waals surface area (Å²) in [7, 11) is 8.23. The lowest BCUT2D eigenvalue weighted by Crippen LogP contribution is -2.30. The summed E-state index contributed by atoms with van der Waals surface area (Å²) in [5.41, 5.74) is 33.4. The van der Waals surface area contributed by atoms with Gasteiger partial charge >= 0.3 is 0 Å². The van der Waals surface area contributed by atoms with E-state index in [1.807, 2.05) is 61.8 Å². The Balaban J connectivity index is 0.000000116. The third kappa shape index (κ3) is 14.5. The number of furan rings is 4. The second kappa shape index (κ2) is 34.1. The zero-order chi connectivity index (χ0) is 84.9. The van der Waals surface area contributed by atoms with Gasteiger partial charge in [-0.25, -0.2) is 32.8 Å². The summed E-state index contributed by atoms with van der Waals surface area (Å²) >= 11 is 0. The molecular formula is C110H106N8O4+4. The topological polar surface area (TPSA) is 105 Å². The lowest BCUT2D eigenvalue weighted by Gasteiger charge is -2.24. The number of nitrogens with zero attached hydrogens (tertiary/aromatic N) is 8. The van der Waals surface area contributed by atoms with Gasteiger partial charge in [-0.2, -0.15) is 5.26 Å². The molecule has 20 rings (SSSR count). The van der Waals surface area contributed by atoms with Crippen molar-refractivity contribution in [3.05, 3.63) is 302 Å². The van der Waals surface area contributed by atoms with Crippen LogP contribution in [0.4, 0.5) is 17.1 Å². The average Bonchev–Trinajstić information content (AvgIpc) is 1.59. The first-order chi connectivity index (χ1) is 59.3. The van der Waals surface area contributed by atoms with Crippen LogP contribution in [-0.4, -0.2) is 0 Å². The van der Waals surface area contributed by atoms with Crippen LogP contribution in [0.5, 0.6) is 0 Å². The Morgan fingerprint density at radius 1 is 0.344 bits per heavy atom. The zero-order valence-corrected chi connectivity index (χ0v) is 72.7. The minimum atomic E-state index is 0.255. The van der Waals surface area contributed by atoms with E-state index in [0.717, 1.165) is 172 Å². The Labute approximate surface area is 716 Å². The quantitative estimate of drug-likeness (QED) is 0.106. The third-order valence-corrected chi connectivity index (χ3v) is 26.6. The lowest BCUT2D eigenvalue weighted by molar-refractivity contribution is -0.660. The number of benzene rings is 9. The Bertz CT molecular complexity index is 7180. The van der Waals surface area contributed by atoms with E-state index >= 15 is 0 Å². The fourth-order valence-corrected chi connectivity index (χ4v) is 20.6. The molecule has 8 heterocycles. The molecule has 122 heavy (non-hydrogen) atoms. The van der Waals surface area contributed by atoms with Gasteiger partial charge in [-0.05, 0) is 208 Å². The number of hydrogen-bond donors (Lipinski definition) is 0. The van der Waals surface area contributed by atoms with Gasteiger partial charge in [-0.3, -0.25) is 0 Å². The summed E-state index contributed by atoms with van der Waals surface area (Å²) in [6, 6.07) is 63.7. The van der Waals surface area contributed by atoms with Crippen LogP contribution in [0.15, 0.2) is 218 Å². The van der Waals surface area contributed by atoms with Crippen LogP contribution in [0.2, 0.25) is 0 Å². The second-order valence-corrected chi connectivity index (χ2v) is 34.8. The Morgan fingerprint density at radius 2 is 0.738 bits per heavy atom. The van der Waals surface area contributed by atoms with E-state index in [0.29, 0.717) is 23.3 Å². The van der Waals surface area contributed by atoms with Crippen LogP contribution in [0.25, 0.3) is 158 Å². The number of aromatic nitrogens is 4. The van der Waals surface area contributed by atoms with Crippen LogP contribution in [0.3, 0.4) is 0 Å². The van der Waals surface area contributed by atoms with Gasteiger partial charge in [0.2, 0.25) is 39.8 Å². The maximum absolute atomic E-state index is 10.3. The van der Waals surface area contributed by atoms with Crippen molar-refractivity contribution in [1.29, 1.82) is 5.26 Å². The van der Waals surface area contributed by atoms with Gasteiger partial charge in [-0.1, -0.05) is 168 Å².